The van der Waals surface area contributed by atoms with Crippen molar-refractivity contribution in [2.45, 2.75) is 19.9 Å². The summed E-state index contributed by atoms with van der Waals surface area (Å²) in [4.78, 5) is 4.23. The van der Waals surface area contributed by atoms with Crippen LogP contribution in [0.25, 0.3) is 0 Å². The molecule has 0 atom stereocenters. The molecule has 2 aromatic rings. The molecule has 1 heterocycles. The maximum atomic E-state index is 13.8. The second-order valence-electron chi connectivity index (χ2n) is 4.47. The third-order valence-corrected chi connectivity index (χ3v) is 3.66. The molecule has 21 heavy (non-hydrogen) atoms. The molecule has 1 aromatic heterocycles. The summed E-state index contributed by atoms with van der Waals surface area (Å²) >= 11 is 6.61. The van der Waals surface area contributed by atoms with Crippen molar-refractivity contribution >= 4 is 31.9 Å². The molecule has 0 radical (unpaired) electrons. The minimum Gasteiger partial charge on any atom is -0.436 e. The van der Waals surface area contributed by atoms with Crippen LogP contribution >= 0.6 is 31.9 Å². The molecule has 0 fully saturated rings. The molecule has 1 aromatic carbocycles. The predicted octanol–water partition coefficient (Wildman–Crippen LogP) is 5.04. The van der Waals surface area contributed by atoms with Gasteiger partial charge in [-0.15, -0.1) is 0 Å². The summed E-state index contributed by atoms with van der Waals surface area (Å²) in [5.74, 6) is 0.134. The average Bonchev–Trinajstić information content (AvgIpc) is 2.44. The van der Waals surface area contributed by atoms with E-state index in [0.29, 0.717) is 16.9 Å². The Balaban J connectivity index is 2.22. The number of rotatable bonds is 6. The number of pyridine rings is 1. The molecule has 6 heteroatoms. The largest absolute Gasteiger partial charge is 0.436 e. The third kappa shape index (κ3) is 4.76. The fourth-order valence-corrected chi connectivity index (χ4v) is 2.46. The number of nitrogens with one attached hydrogen (secondary N) is 1. The molecule has 1 N–H and O–H groups in total. The van der Waals surface area contributed by atoms with Gasteiger partial charge in [-0.1, -0.05) is 22.9 Å². The van der Waals surface area contributed by atoms with Crippen LogP contribution < -0.4 is 10.1 Å². The number of halogens is 3. The van der Waals surface area contributed by atoms with Crippen LogP contribution in [0.5, 0.6) is 11.6 Å². The van der Waals surface area contributed by atoms with Crippen molar-refractivity contribution in [2.75, 3.05) is 6.54 Å². The van der Waals surface area contributed by atoms with Gasteiger partial charge in [-0.2, -0.15) is 0 Å². The molecule has 0 aliphatic rings. The summed E-state index contributed by atoms with van der Waals surface area (Å²) in [7, 11) is 0. The van der Waals surface area contributed by atoms with Crippen LogP contribution in [0, 0.1) is 5.82 Å². The van der Waals surface area contributed by atoms with Crippen LogP contribution in [-0.4, -0.2) is 11.5 Å². The molecule has 3 nitrogen and oxygen atoms in total. The van der Waals surface area contributed by atoms with Gasteiger partial charge in [0.2, 0.25) is 5.88 Å². The summed E-state index contributed by atoms with van der Waals surface area (Å²) in [6.07, 6.45) is 2.67. The van der Waals surface area contributed by atoms with E-state index in [4.69, 9.17) is 4.74 Å². The van der Waals surface area contributed by atoms with Gasteiger partial charge in [-0.25, -0.2) is 9.37 Å². The second kappa shape index (κ2) is 7.87. The van der Waals surface area contributed by atoms with E-state index in [2.05, 4.69) is 49.1 Å². The number of aromatic nitrogens is 1. The van der Waals surface area contributed by atoms with E-state index >= 15 is 0 Å². The molecule has 2 rings (SSSR count). The Morgan fingerprint density at radius 3 is 2.76 bits per heavy atom. The van der Waals surface area contributed by atoms with Gasteiger partial charge < -0.3 is 10.1 Å². The molecule has 0 spiro atoms. The van der Waals surface area contributed by atoms with E-state index in [1.165, 1.54) is 6.07 Å². The molecular formula is C15H15Br2FN2O. The number of hydrogen-bond donors (Lipinski definition) is 1. The van der Waals surface area contributed by atoms with Crippen LogP contribution in [0.2, 0.25) is 0 Å². The number of benzene rings is 1. The van der Waals surface area contributed by atoms with Crippen molar-refractivity contribution in [3.63, 3.8) is 0 Å². The Morgan fingerprint density at radius 1 is 1.24 bits per heavy atom. The predicted molar refractivity (Wildman–Crippen MR) is 88.1 cm³/mol. The van der Waals surface area contributed by atoms with E-state index < -0.39 is 5.82 Å². The van der Waals surface area contributed by atoms with E-state index in [9.17, 15) is 4.39 Å². The Morgan fingerprint density at radius 2 is 2.05 bits per heavy atom. The van der Waals surface area contributed by atoms with Gasteiger partial charge >= 0.3 is 0 Å². The molecule has 0 saturated heterocycles. The summed E-state index contributed by atoms with van der Waals surface area (Å²) in [6.45, 7) is 3.62. The van der Waals surface area contributed by atoms with Crippen molar-refractivity contribution in [2.24, 2.45) is 0 Å². The topological polar surface area (TPSA) is 34.2 Å². The zero-order chi connectivity index (χ0) is 15.2. The lowest BCUT2D eigenvalue weighted by Gasteiger charge is -2.12. The lowest BCUT2D eigenvalue weighted by atomic mass is 10.2. The first kappa shape index (κ1) is 16.4. The van der Waals surface area contributed by atoms with Gasteiger partial charge in [0.1, 0.15) is 0 Å². The highest BCUT2D eigenvalue weighted by molar-refractivity contribution is 9.10. The van der Waals surface area contributed by atoms with Gasteiger partial charge in [0.25, 0.3) is 0 Å². The lowest BCUT2D eigenvalue weighted by Crippen LogP contribution is -2.14. The quantitative estimate of drug-likeness (QED) is 0.668. The zero-order valence-electron chi connectivity index (χ0n) is 11.5. The standard InChI is InChI=1S/C15H15Br2FN2O/c1-2-5-19-8-10-6-12(17)9-20-15(10)21-14-4-3-11(16)7-13(14)18/h3-4,6-7,9,19H,2,5,8H2,1H3. The van der Waals surface area contributed by atoms with Crippen molar-refractivity contribution in [3.05, 3.63) is 50.8 Å². The van der Waals surface area contributed by atoms with Gasteiger partial charge in [-0.05, 0) is 53.2 Å². The van der Waals surface area contributed by atoms with Crippen molar-refractivity contribution in [1.82, 2.24) is 10.3 Å². The monoisotopic (exact) mass is 416 g/mol. The van der Waals surface area contributed by atoms with E-state index in [-0.39, 0.29) is 5.75 Å². The van der Waals surface area contributed by atoms with Crippen molar-refractivity contribution in [3.8, 4) is 11.6 Å². The number of hydrogen-bond acceptors (Lipinski definition) is 3. The molecule has 0 bridgehead atoms. The van der Waals surface area contributed by atoms with Crippen molar-refractivity contribution < 1.29 is 9.13 Å². The molecule has 112 valence electrons. The lowest BCUT2D eigenvalue weighted by molar-refractivity contribution is 0.420. The zero-order valence-corrected chi connectivity index (χ0v) is 14.7. The highest BCUT2D eigenvalue weighted by Crippen LogP contribution is 2.29. The SMILES string of the molecule is CCCNCc1cc(Br)cnc1Oc1ccc(Br)cc1F. The molecule has 0 saturated carbocycles. The van der Waals surface area contributed by atoms with Crippen LogP contribution in [0.1, 0.15) is 18.9 Å². The van der Waals surface area contributed by atoms with E-state index in [1.54, 1.807) is 18.3 Å². The van der Waals surface area contributed by atoms with Crippen LogP contribution in [0.4, 0.5) is 4.39 Å². The molecule has 0 aliphatic carbocycles. The molecule has 0 amide bonds. The fourth-order valence-electron chi connectivity index (χ4n) is 1.75. The van der Waals surface area contributed by atoms with Crippen LogP contribution in [0.15, 0.2) is 39.4 Å². The Hall–Kier alpha value is -0.980. The van der Waals surface area contributed by atoms with Crippen LogP contribution in [0.3, 0.4) is 0 Å². The Bertz CT molecular complexity index is 623. The van der Waals surface area contributed by atoms with Gasteiger partial charge in [0.15, 0.2) is 11.6 Å². The summed E-state index contributed by atoms with van der Waals surface area (Å²) in [5, 5.41) is 3.29. The first-order valence-corrected chi connectivity index (χ1v) is 8.16. The minimum atomic E-state index is -0.429. The highest BCUT2D eigenvalue weighted by Gasteiger charge is 2.11. The van der Waals surface area contributed by atoms with E-state index in [1.807, 2.05) is 6.07 Å². The molecule has 0 aliphatic heterocycles. The fraction of sp³-hybridized carbons (Fsp3) is 0.267. The first-order chi connectivity index (χ1) is 10.1. The normalized spacial score (nSPS) is 10.7. The first-order valence-electron chi connectivity index (χ1n) is 6.58. The Labute approximate surface area is 140 Å². The number of ether oxygens (including phenoxy) is 1. The van der Waals surface area contributed by atoms with Crippen molar-refractivity contribution in [1.29, 1.82) is 0 Å². The maximum absolute atomic E-state index is 13.8. The van der Waals surface area contributed by atoms with Gasteiger partial charge in [0, 0.05) is 27.3 Å². The van der Waals surface area contributed by atoms with Crippen LogP contribution in [-0.2, 0) is 6.54 Å². The highest BCUT2D eigenvalue weighted by atomic mass is 79.9. The summed E-state index contributed by atoms with van der Waals surface area (Å²) in [5.41, 5.74) is 0.875. The number of nitrogens with zero attached hydrogens (tertiary/aromatic N) is 1. The third-order valence-electron chi connectivity index (χ3n) is 2.73. The van der Waals surface area contributed by atoms with Gasteiger partial charge in [-0.3, -0.25) is 0 Å². The summed E-state index contributed by atoms with van der Waals surface area (Å²) < 4.78 is 21.0. The smallest absolute Gasteiger partial charge is 0.223 e. The average molecular weight is 418 g/mol. The van der Waals surface area contributed by atoms with Gasteiger partial charge in [0.05, 0.1) is 0 Å². The molecular weight excluding hydrogens is 403 g/mol. The molecule has 0 unspecified atom stereocenters. The maximum Gasteiger partial charge on any atom is 0.223 e. The Kier molecular flexibility index (Phi) is 6.14. The van der Waals surface area contributed by atoms with E-state index in [0.717, 1.165) is 23.0 Å². The second-order valence-corrected chi connectivity index (χ2v) is 6.30. The summed E-state index contributed by atoms with van der Waals surface area (Å²) in [6, 6.07) is 6.59. The minimum absolute atomic E-state index is 0.157.